The van der Waals surface area contributed by atoms with Crippen molar-refractivity contribution in [2.45, 2.75) is 32.6 Å². The molecule has 0 saturated heterocycles. The third kappa shape index (κ3) is 13.5. The Bertz CT molecular complexity index is 126. The highest BCUT2D eigenvalue weighted by Crippen LogP contribution is 1.98. The molecule has 0 amide bonds. The molecule has 0 radical (unpaired) electrons. The third-order valence-corrected chi connectivity index (χ3v) is 1.98. The van der Waals surface area contributed by atoms with Gasteiger partial charge in [0.1, 0.15) is 6.61 Å². The fraction of sp³-hybridized carbons (Fsp3) is 0.833. The molecule has 0 bridgehead atoms. The van der Waals surface area contributed by atoms with Gasteiger partial charge in [0.25, 0.3) is 0 Å². The largest absolute Gasteiger partial charge is 0.499 e. The van der Waals surface area contributed by atoms with E-state index in [2.05, 4.69) is 13.5 Å². The van der Waals surface area contributed by atoms with Gasteiger partial charge in [0, 0.05) is 6.61 Å². The number of ether oxygens (including phenoxy) is 3. The molecule has 0 aromatic rings. The molecular formula is C12H24O3. The maximum atomic E-state index is 5.40. The number of hydrogen-bond donors (Lipinski definition) is 0. The summed E-state index contributed by atoms with van der Waals surface area (Å²) < 4.78 is 15.6. The summed E-state index contributed by atoms with van der Waals surface area (Å²) in [7, 11) is 0. The molecule has 0 N–H and O–H groups in total. The van der Waals surface area contributed by atoms with Crippen LogP contribution in [-0.2, 0) is 14.2 Å². The van der Waals surface area contributed by atoms with Crippen molar-refractivity contribution in [1.29, 1.82) is 0 Å². The molecular weight excluding hydrogens is 192 g/mol. The van der Waals surface area contributed by atoms with Crippen LogP contribution in [-0.4, -0.2) is 33.0 Å². The monoisotopic (exact) mass is 216 g/mol. The lowest BCUT2D eigenvalue weighted by molar-refractivity contribution is 0.0297. The molecule has 0 saturated carbocycles. The van der Waals surface area contributed by atoms with Crippen molar-refractivity contribution in [3.05, 3.63) is 12.8 Å². The molecule has 0 heterocycles. The summed E-state index contributed by atoms with van der Waals surface area (Å²) in [6, 6.07) is 0. The van der Waals surface area contributed by atoms with E-state index in [9.17, 15) is 0 Å². The van der Waals surface area contributed by atoms with Gasteiger partial charge >= 0.3 is 0 Å². The molecule has 3 heteroatoms. The van der Waals surface area contributed by atoms with Gasteiger partial charge in [-0.25, -0.2) is 0 Å². The standard InChI is InChI=1S/C12H24O3/c1-3-5-6-7-8-14-11-12-15-10-9-13-4-2/h4H,2-3,5-12H2,1H3. The Morgan fingerprint density at radius 2 is 1.53 bits per heavy atom. The van der Waals surface area contributed by atoms with Crippen LogP contribution >= 0.6 is 0 Å². The van der Waals surface area contributed by atoms with Crippen LogP contribution in [0.3, 0.4) is 0 Å². The van der Waals surface area contributed by atoms with Crippen LogP contribution in [0, 0.1) is 0 Å². The van der Waals surface area contributed by atoms with Crippen LogP contribution in [0.1, 0.15) is 32.6 Å². The first-order valence-corrected chi connectivity index (χ1v) is 5.79. The van der Waals surface area contributed by atoms with Gasteiger partial charge in [-0.05, 0) is 6.42 Å². The van der Waals surface area contributed by atoms with E-state index in [0.717, 1.165) is 13.0 Å². The SMILES string of the molecule is C=COCCOCCOCCCCCC. The Hall–Kier alpha value is -0.540. The molecule has 0 aliphatic carbocycles. The Labute approximate surface area is 93.4 Å². The van der Waals surface area contributed by atoms with Crippen molar-refractivity contribution < 1.29 is 14.2 Å². The smallest absolute Gasteiger partial charge is 0.111 e. The van der Waals surface area contributed by atoms with Gasteiger partial charge in [-0.1, -0.05) is 32.8 Å². The lowest BCUT2D eigenvalue weighted by atomic mass is 10.2. The highest BCUT2D eigenvalue weighted by atomic mass is 16.5. The van der Waals surface area contributed by atoms with Gasteiger partial charge in [0.15, 0.2) is 0 Å². The second-order valence-corrected chi connectivity index (χ2v) is 3.32. The molecule has 0 fully saturated rings. The molecule has 0 aliphatic heterocycles. The molecule has 3 nitrogen and oxygen atoms in total. The van der Waals surface area contributed by atoms with Crippen LogP contribution < -0.4 is 0 Å². The number of hydrogen-bond acceptors (Lipinski definition) is 3. The first kappa shape index (κ1) is 14.5. The van der Waals surface area contributed by atoms with Crippen LogP contribution in [0.2, 0.25) is 0 Å². The number of rotatable bonds is 12. The van der Waals surface area contributed by atoms with E-state index in [1.807, 2.05) is 0 Å². The van der Waals surface area contributed by atoms with Gasteiger partial charge in [-0.2, -0.15) is 0 Å². The Morgan fingerprint density at radius 1 is 0.867 bits per heavy atom. The Kier molecular flexibility index (Phi) is 13.0. The van der Waals surface area contributed by atoms with Crippen molar-refractivity contribution in [3.63, 3.8) is 0 Å². The van der Waals surface area contributed by atoms with Gasteiger partial charge in [-0.15, -0.1) is 0 Å². The molecule has 15 heavy (non-hydrogen) atoms. The lowest BCUT2D eigenvalue weighted by Gasteiger charge is -2.05. The summed E-state index contributed by atoms with van der Waals surface area (Å²) in [5, 5.41) is 0. The fourth-order valence-corrected chi connectivity index (χ4v) is 1.14. The maximum absolute atomic E-state index is 5.40. The van der Waals surface area contributed by atoms with Crippen molar-refractivity contribution in [2.75, 3.05) is 33.0 Å². The zero-order valence-electron chi connectivity index (χ0n) is 9.87. The predicted molar refractivity (Wildman–Crippen MR) is 61.9 cm³/mol. The zero-order valence-corrected chi connectivity index (χ0v) is 9.87. The number of unbranched alkanes of at least 4 members (excludes halogenated alkanes) is 3. The molecule has 0 rings (SSSR count). The predicted octanol–water partition coefficient (Wildman–Crippen LogP) is 2.76. The van der Waals surface area contributed by atoms with E-state index in [0.29, 0.717) is 26.4 Å². The quantitative estimate of drug-likeness (QED) is 0.371. The second-order valence-electron chi connectivity index (χ2n) is 3.32. The summed E-state index contributed by atoms with van der Waals surface area (Å²) >= 11 is 0. The molecule has 0 aromatic heterocycles. The molecule has 0 unspecified atom stereocenters. The van der Waals surface area contributed by atoms with E-state index >= 15 is 0 Å². The van der Waals surface area contributed by atoms with E-state index in [4.69, 9.17) is 14.2 Å². The first-order valence-electron chi connectivity index (χ1n) is 5.79. The Morgan fingerprint density at radius 3 is 2.20 bits per heavy atom. The third-order valence-electron chi connectivity index (χ3n) is 1.98. The summed E-state index contributed by atoms with van der Waals surface area (Å²) in [5.41, 5.74) is 0. The lowest BCUT2D eigenvalue weighted by Crippen LogP contribution is -2.08. The van der Waals surface area contributed by atoms with E-state index in [1.54, 1.807) is 0 Å². The van der Waals surface area contributed by atoms with Crippen molar-refractivity contribution >= 4 is 0 Å². The highest BCUT2D eigenvalue weighted by molar-refractivity contribution is 4.47. The minimum absolute atomic E-state index is 0.569. The highest BCUT2D eigenvalue weighted by Gasteiger charge is 1.91. The summed E-state index contributed by atoms with van der Waals surface area (Å²) in [6.45, 7) is 9.00. The molecule has 0 atom stereocenters. The van der Waals surface area contributed by atoms with E-state index in [1.165, 1.54) is 25.5 Å². The van der Waals surface area contributed by atoms with E-state index < -0.39 is 0 Å². The summed E-state index contributed by atoms with van der Waals surface area (Å²) in [5.74, 6) is 0. The zero-order chi connectivity index (χ0) is 11.2. The first-order chi connectivity index (χ1) is 7.41. The van der Waals surface area contributed by atoms with Crippen molar-refractivity contribution in [3.8, 4) is 0 Å². The van der Waals surface area contributed by atoms with Crippen LogP contribution in [0.5, 0.6) is 0 Å². The van der Waals surface area contributed by atoms with Crippen LogP contribution in [0.25, 0.3) is 0 Å². The normalized spacial score (nSPS) is 10.2. The topological polar surface area (TPSA) is 27.7 Å². The molecule has 0 aromatic carbocycles. The molecule has 90 valence electrons. The summed E-state index contributed by atoms with van der Waals surface area (Å²) in [4.78, 5) is 0. The average Bonchev–Trinajstić information content (AvgIpc) is 2.26. The van der Waals surface area contributed by atoms with Gasteiger partial charge in [0.2, 0.25) is 0 Å². The Balaban J connectivity index is 2.83. The van der Waals surface area contributed by atoms with E-state index in [-0.39, 0.29) is 0 Å². The molecule has 0 spiro atoms. The van der Waals surface area contributed by atoms with Crippen molar-refractivity contribution in [2.24, 2.45) is 0 Å². The second kappa shape index (κ2) is 13.5. The minimum Gasteiger partial charge on any atom is -0.499 e. The molecule has 0 aliphatic rings. The average molecular weight is 216 g/mol. The van der Waals surface area contributed by atoms with Crippen molar-refractivity contribution in [1.82, 2.24) is 0 Å². The van der Waals surface area contributed by atoms with Gasteiger partial charge in [-0.3, -0.25) is 0 Å². The van der Waals surface area contributed by atoms with Crippen LogP contribution in [0.4, 0.5) is 0 Å². The van der Waals surface area contributed by atoms with Gasteiger partial charge < -0.3 is 14.2 Å². The summed E-state index contributed by atoms with van der Waals surface area (Å²) in [6.07, 6.45) is 6.43. The van der Waals surface area contributed by atoms with Crippen LogP contribution in [0.15, 0.2) is 12.8 Å². The maximum Gasteiger partial charge on any atom is 0.111 e. The van der Waals surface area contributed by atoms with Gasteiger partial charge in [0.05, 0.1) is 26.1 Å². The minimum atomic E-state index is 0.569. The fourth-order valence-electron chi connectivity index (χ4n) is 1.14.